The number of pyridine rings is 1. The fourth-order valence-electron chi connectivity index (χ4n) is 1.23. The number of carbonyl (C=O) groups is 2. The molecule has 0 atom stereocenters. The lowest BCUT2D eigenvalue weighted by Gasteiger charge is -2.07. The van der Waals surface area contributed by atoms with Crippen LogP contribution in [0.1, 0.15) is 30.6 Å². The first-order chi connectivity index (χ1) is 7.49. The molecule has 5 heteroatoms. The average molecular weight is 221 g/mol. The van der Waals surface area contributed by atoms with E-state index in [-0.39, 0.29) is 17.4 Å². The number of rotatable bonds is 4. The van der Waals surface area contributed by atoms with Crippen LogP contribution in [-0.2, 0) is 4.79 Å². The van der Waals surface area contributed by atoms with Crippen LogP contribution in [0, 0.1) is 5.92 Å². The quantitative estimate of drug-likeness (QED) is 0.800. The number of nitrogens with two attached hydrogens (primary N) is 1. The summed E-state index contributed by atoms with van der Waals surface area (Å²) in [4.78, 5) is 26.2. The Kier molecular flexibility index (Phi) is 3.99. The lowest BCUT2D eigenvalue weighted by molar-refractivity contribution is -0.116. The van der Waals surface area contributed by atoms with Crippen molar-refractivity contribution in [2.75, 3.05) is 5.32 Å². The van der Waals surface area contributed by atoms with Gasteiger partial charge in [0.2, 0.25) is 11.8 Å². The smallest absolute Gasteiger partial charge is 0.250 e. The molecule has 86 valence electrons. The zero-order valence-corrected chi connectivity index (χ0v) is 9.36. The molecule has 0 bridgehead atoms. The van der Waals surface area contributed by atoms with Crippen LogP contribution in [0.3, 0.4) is 0 Å². The number of hydrogen-bond acceptors (Lipinski definition) is 3. The minimum atomic E-state index is -0.563. The normalized spacial score (nSPS) is 10.2. The Labute approximate surface area is 94.1 Å². The van der Waals surface area contributed by atoms with Gasteiger partial charge in [-0.2, -0.15) is 0 Å². The van der Waals surface area contributed by atoms with Gasteiger partial charge >= 0.3 is 0 Å². The lowest BCUT2D eigenvalue weighted by Crippen LogP contribution is -2.16. The molecular weight excluding hydrogens is 206 g/mol. The monoisotopic (exact) mass is 221 g/mol. The van der Waals surface area contributed by atoms with Crippen molar-refractivity contribution in [3.63, 3.8) is 0 Å². The molecule has 0 aliphatic rings. The molecule has 2 amide bonds. The van der Waals surface area contributed by atoms with Crippen molar-refractivity contribution in [2.45, 2.75) is 20.3 Å². The van der Waals surface area contributed by atoms with Crippen molar-refractivity contribution in [3.05, 3.63) is 24.0 Å². The van der Waals surface area contributed by atoms with Gasteiger partial charge < -0.3 is 11.1 Å². The first kappa shape index (κ1) is 12.2. The van der Waals surface area contributed by atoms with Gasteiger partial charge in [0.25, 0.3) is 0 Å². The highest BCUT2D eigenvalue weighted by Crippen LogP contribution is 2.09. The molecule has 1 rings (SSSR count). The van der Waals surface area contributed by atoms with E-state index >= 15 is 0 Å². The first-order valence-electron chi connectivity index (χ1n) is 5.03. The maximum Gasteiger partial charge on any atom is 0.250 e. The van der Waals surface area contributed by atoms with Crippen molar-refractivity contribution in [3.8, 4) is 0 Å². The van der Waals surface area contributed by atoms with Crippen LogP contribution in [0.15, 0.2) is 18.5 Å². The largest absolute Gasteiger partial charge is 0.366 e. The average Bonchev–Trinajstić information content (AvgIpc) is 2.16. The number of nitrogens with zero attached hydrogens (tertiary/aromatic N) is 1. The molecule has 0 spiro atoms. The number of nitrogens with one attached hydrogen (secondary N) is 1. The topological polar surface area (TPSA) is 85.1 Å². The highest BCUT2D eigenvalue weighted by molar-refractivity contribution is 5.95. The summed E-state index contributed by atoms with van der Waals surface area (Å²) in [6.45, 7) is 3.91. The number of aromatic nitrogens is 1. The van der Waals surface area contributed by atoms with Gasteiger partial charge in [0, 0.05) is 12.6 Å². The molecule has 1 aromatic rings. The maximum absolute atomic E-state index is 11.4. The van der Waals surface area contributed by atoms with E-state index in [0.717, 1.165) is 0 Å². The summed E-state index contributed by atoms with van der Waals surface area (Å²) < 4.78 is 0. The van der Waals surface area contributed by atoms with Crippen LogP contribution >= 0.6 is 0 Å². The van der Waals surface area contributed by atoms with Crippen molar-refractivity contribution in [2.24, 2.45) is 11.7 Å². The number of primary amides is 1. The third-order valence-electron chi connectivity index (χ3n) is 1.90. The number of hydrogen-bond donors (Lipinski definition) is 2. The molecule has 0 radical (unpaired) electrons. The van der Waals surface area contributed by atoms with Gasteiger partial charge in [-0.25, -0.2) is 0 Å². The Morgan fingerprint density at radius 1 is 1.44 bits per heavy atom. The zero-order chi connectivity index (χ0) is 12.1. The Hall–Kier alpha value is -1.91. The lowest BCUT2D eigenvalue weighted by atomic mass is 10.1. The van der Waals surface area contributed by atoms with Crippen LogP contribution in [0.4, 0.5) is 5.69 Å². The van der Waals surface area contributed by atoms with Crippen LogP contribution < -0.4 is 11.1 Å². The van der Waals surface area contributed by atoms with Gasteiger partial charge in [-0.15, -0.1) is 0 Å². The molecule has 0 aliphatic heterocycles. The van der Waals surface area contributed by atoms with Gasteiger partial charge in [-0.05, 0) is 12.0 Å². The molecule has 0 unspecified atom stereocenters. The number of amides is 2. The van der Waals surface area contributed by atoms with E-state index in [1.165, 1.54) is 18.5 Å². The molecular formula is C11H15N3O2. The second-order valence-electron chi connectivity index (χ2n) is 3.97. The van der Waals surface area contributed by atoms with Gasteiger partial charge in [0.05, 0.1) is 17.4 Å². The van der Waals surface area contributed by atoms with Crippen LogP contribution in [0.25, 0.3) is 0 Å². The summed E-state index contributed by atoms with van der Waals surface area (Å²) in [6.07, 6.45) is 3.27. The van der Waals surface area contributed by atoms with E-state index in [1.807, 2.05) is 13.8 Å². The zero-order valence-electron chi connectivity index (χ0n) is 9.36. The molecule has 0 aliphatic carbocycles. The Balaban J connectivity index is 2.70. The summed E-state index contributed by atoms with van der Waals surface area (Å²) in [5.41, 5.74) is 5.87. The van der Waals surface area contributed by atoms with Crippen LogP contribution in [-0.4, -0.2) is 16.8 Å². The number of anilines is 1. The van der Waals surface area contributed by atoms with Crippen molar-refractivity contribution in [1.29, 1.82) is 0 Å². The number of carbonyl (C=O) groups excluding carboxylic acids is 2. The SMILES string of the molecule is CC(C)CC(=O)Nc1cncc(C(N)=O)c1. The summed E-state index contributed by atoms with van der Waals surface area (Å²) >= 11 is 0. The molecule has 0 fully saturated rings. The first-order valence-corrected chi connectivity index (χ1v) is 5.03. The van der Waals surface area contributed by atoms with Gasteiger partial charge in [0.15, 0.2) is 0 Å². The Morgan fingerprint density at radius 2 is 2.12 bits per heavy atom. The summed E-state index contributed by atoms with van der Waals surface area (Å²) in [5, 5.41) is 2.66. The van der Waals surface area contributed by atoms with E-state index in [1.54, 1.807) is 0 Å². The molecule has 5 nitrogen and oxygen atoms in total. The third kappa shape index (κ3) is 3.68. The Bertz CT molecular complexity index is 402. The van der Waals surface area contributed by atoms with Crippen molar-refractivity contribution >= 4 is 17.5 Å². The minimum absolute atomic E-state index is 0.0987. The van der Waals surface area contributed by atoms with E-state index in [2.05, 4.69) is 10.3 Å². The molecule has 0 saturated carbocycles. The van der Waals surface area contributed by atoms with E-state index < -0.39 is 5.91 Å². The third-order valence-corrected chi connectivity index (χ3v) is 1.90. The molecule has 16 heavy (non-hydrogen) atoms. The highest BCUT2D eigenvalue weighted by Gasteiger charge is 2.07. The second kappa shape index (κ2) is 5.25. The summed E-state index contributed by atoms with van der Waals surface area (Å²) in [6, 6.07) is 1.51. The van der Waals surface area contributed by atoms with E-state index in [4.69, 9.17) is 5.73 Å². The molecule has 1 heterocycles. The van der Waals surface area contributed by atoms with Crippen LogP contribution in [0.2, 0.25) is 0 Å². The maximum atomic E-state index is 11.4. The van der Waals surface area contributed by atoms with Gasteiger partial charge in [0.1, 0.15) is 0 Å². The molecule has 0 aromatic carbocycles. The van der Waals surface area contributed by atoms with Crippen molar-refractivity contribution < 1.29 is 9.59 Å². The van der Waals surface area contributed by atoms with Crippen molar-refractivity contribution in [1.82, 2.24) is 4.98 Å². The molecule has 3 N–H and O–H groups in total. The molecule has 1 aromatic heterocycles. The fraction of sp³-hybridized carbons (Fsp3) is 0.364. The summed E-state index contributed by atoms with van der Waals surface area (Å²) in [5.74, 6) is -0.377. The van der Waals surface area contributed by atoms with Gasteiger partial charge in [-0.1, -0.05) is 13.8 Å². The predicted octanol–water partition coefficient (Wildman–Crippen LogP) is 1.17. The minimum Gasteiger partial charge on any atom is -0.366 e. The summed E-state index contributed by atoms with van der Waals surface area (Å²) in [7, 11) is 0. The second-order valence-corrected chi connectivity index (χ2v) is 3.97. The van der Waals surface area contributed by atoms with E-state index in [9.17, 15) is 9.59 Å². The van der Waals surface area contributed by atoms with Gasteiger partial charge in [-0.3, -0.25) is 14.6 Å². The fourth-order valence-corrected chi connectivity index (χ4v) is 1.23. The standard InChI is InChI=1S/C11H15N3O2/c1-7(2)3-10(15)14-9-4-8(11(12)16)5-13-6-9/h4-7H,3H2,1-2H3,(H2,12,16)(H,14,15). The Morgan fingerprint density at radius 3 is 2.69 bits per heavy atom. The molecule has 0 saturated heterocycles. The highest BCUT2D eigenvalue weighted by atomic mass is 16.2. The predicted molar refractivity (Wildman–Crippen MR) is 60.8 cm³/mol. The van der Waals surface area contributed by atoms with Crippen LogP contribution in [0.5, 0.6) is 0 Å². The van der Waals surface area contributed by atoms with E-state index in [0.29, 0.717) is 12.1 Å².